The summed E-state index contributed by atoms with van der Waals surface area (Å²) in [6.45, 7) is 4.22. The number of hydrogen-bond acceptors (Lipinski definition) is 2. The molecule has 82 valence electrons. The third-order valence-electron chi connectivity index (χ3n) is 2.40. The van der Waals surface area contributed by atoms with E-state index in [1.165, 1.54) is 24.8 Å². The van der Waals surface area contributed by atoms with Gasteiger partial charge in [0.25, 0.3) is 0 Å². The molecule has 0 heterocycles. The molecule has 0 bridgehead atoms. The fourth-order valence-corrected chi connectivity index (χ4v) is 1.48. The Morgan fingerprint density at radius 3 is 2.64 bits per heavy atom. The highest BCUT2D eigenvalue weighted by atomic mass is 16.5. The highest BCUT2D eigenvalue weighted by Crippen LogP contribution is 2.14. The monoisotopic (exact) mass is 198 g/mol. The Morgan fingerprint density at radius 1 is 1.43 bits per heavy atom. The number of ether oxygens (including phenoxy) is 1. The van der Waals surface area contributed by atoms with E-state index in [9.17, 15) is 4.79 Å². The summed E-state index contributed by atoms with van der Waals surface area (Å²) < 4.78 is 5.37. The molecule has 0 spiro atoms. The topological polar surface area (TPSA) is 26.3 Å². The van der Waals surface area contributed by atoms with Crippen molar-refractivity contribution in [3.8, 4) is 0 Å². The largest absolute Gasteiger partial charge is 0.377 e. The summed E-state index contributed by atoms with van der Waals surface area (Å²) in [4.78, 5) is 10.2. The lowest BCUT2D eigenvalue weighted by Crippen LogP contribution is -2.12. The first-order chi connectivity index (χ1) is 6.76. The first-order valence-electron chi connectivity index (χ1n) is 5.39. The van der Waals surface area contributed by atoms with Crippen LogP contribution in [0.25, 0.3) is 0 Å². The average molecular weight is 198 g/mol. The molecule has 0 saturated carbocycles. The van der Waals surface area contributed by atoms with E-state index in [1.807, 2.05) is 13.0 Å². The number of carbonyl (C=O) groups is 1. The van der Waals surface area contributed by atoms with E-state index >= 15 is 0 Å². The molecule has 14 heavy (non-hydrogen) atoms. The zero-order valence-electron chi connectivity index (χ0n) is 9.58. The van der Waals surface area contributed by atoms with Gasteiger partial charge in [0.1, 0.15) is 6.29 Å². The van der Waals surface area contributed by atoms with Gasteiger partial charge in [0.2, 0.25) is 0 Å². The van der Waals surface area contributed by atoms with E-state index in [2.05, 4.69) is 6.92 Å². The third kappa shape index (κ3) is 5.92. The number of hydrogen-bond donors (Lipinski definition) is 0. The molecular formula is C12H22O2. The number of methoxy groups -OCH3 is 1. The van der Waals surface area contributed by atoms with E-state index in [4.69, 9.17) is 4.74 Å². The van der Waals surface area contributed by atoms with Gasteiger partial charge in [0.05, 0.1) is 6.10 Å². The Morgan fingerprint density at radius 2 is 2.14 bits per heavy atom. The van der Waals surface area contributed by atoms with E-state index in [1.54, 1.807) is 7.11 Å². The fourth-order valence-electron chi connectivity index (χ4n) is 1.48. The second kappa shape index (κ2) is 8.95. The molecule has 0 fully saturated rings. The summed E-state index contributed by atoms with van der Waals surface area (Å²) in [6, 6.07) is 0. The van der Waals surface area contributed by atoms with Crippen LogP contribution < -0.4 is 0 Å². The maximum Gasteiger partial charge on any atom is 0.123 e. The molecule has 0 saturated heterocycles. The quantitative estimate of drug-likeness (QED) is 0.340. The molecule has 0 radical (unpaired) electrons. The third-order valence-corrected chi connectivity index (χ3v) is 2.40. The molecule has 0 N–H and O–H groups in total. The molecule has 0 amide bonds. The summed E-state index contributed by atoms with van der Waals surface area (Å²) in [5.74, 6) is 0. The summed E-state index contributed by atoms with van der Waals surface area (Å²) in [7, 11) is 1.73. The van der Waals surface area contributed by atoms with Crippen LogP contribution in [0.4, 0.5) is 0 Å². The molecule has 0 aromatic heterocycles. The first-order valence-corrected chi connectivity index (χ1v) is 5.39. The van der Waals surface area contributed by atoms with E-state index < -0.39 is 0 Å². The number of aldehydes is 1. The normalized spacial score (nSPS) is 14.1. The van der Waals surface area contributed by atoms with Crippen LogP contribution in [0.15, 0.2) is 11.6 Å². The van der Waals surface area contributed by atoms with Crippen LogP contribution in [0.1, 0.15) is 46.0 Å². The van der Waals surface area contributed by atoms with Crippen LogP contribution in [-0.4, -0.2) is 19.5 Å². The van der Waals surface area contributed by atoms with Crippen LogP contribution in [-0.2, 0) is 9.53 Å². The Balaban J connectivity index is 3.91. The Bertz CT molecular complexity index is 173. The van der Waals surface area contributed by atoms with Gasteiger partial charge in [-0.05, 0) is 18.9 Å². The minimum Gasteiger partial charge on any atom is -0.377 e. The van der Waals surface area contributed by atoms with Crippen molar-refractivity contribution in [1.29, 1.82) is 0 Å². The van der Waals surface area contributed by atoms with Crippen molar-refractivity contribution in [2.45, 2.75) is 52.1 Å². The average Bonchev–Trinajstić information content (AvgIpc) is 2.21. The number of carbonyl (C=O) groups excluding carboxylic acids is 1. The zero-order chi connectivity index (χ0) is 10.8. The molecule has 0 aliphatic carbocycles. The number of rotatable bonds is 8. The van der Waals surface area contributed by atoms with E-state index in [0.29, 0.717) is 6.42 Å². The Kier molecular flexibility index (Phi) is 8.54. The standard InChI is InChI=1S/C12H22O2/c1-4-5-6-9-12(14-3)11(2)8-7-10-13/h8,10,12H,4-7,9H2,1-3H3/b11-8+. The number of unbranched alkanes of at least 4 members (excludes halogenated alkanes) is 2. The highest BCUT2D eigenvalue weighted by Gasteiger charge is 2.08. The van der Waals surface area contributed by atoms with Gasteiger partial charge in [0, 0.05) is 13.5 Å². The molecule has 0 aromatic rings. The first kappa shape index (κ1) is 13.4. The van der Waals surface area contributed by atoms with Crippen molar-refractivity contribution in [3.63, 3.8) is 0 Å². The maximum absolute atomic E-state index is 10.2. The predicted octanol–water partition coefficient (Wildman–Crippen LogP) is 3.12. The molecule has 2 nitrogen and oxygen atoms in total. The second-order valence-corrected chi connectivity index (χ2v) is 3.57. The van der Waals surface area contributed by atoms with Crippen molar-refractivity contribution in [1.82, 2.24) is 0 Å². The molecular weight excluding hydrogens is 176 g/mol. The van der Waals surface area contributed by atoms with Gasteiger partial charge in [-0.3, -0.25) is 0 Å². The van der Waals surface area contributed by atoms with Crippen molar-refractivity contribution < 1.29 is 9.53 Å². The van der Waals surface area contributed by atoms with Gasteiger partial charge < -0.3 is 9.53 Å². The van der Waals surface area contributed by atoms with E-state index in [0.717, 1.165) is 12.7 Å². The summed E-state index contributed by atoms with van der Waals surface area (Å²) >= 11 is 0. The minimum atomic E-state index is 0.196. The van der Waals surface area contributed by atoms with Crippen LogP contribution >= 0.6 is 0 Å². The van der Waals surface area contributed by atoms with Gasteiger partial charge >= 0.3 is 0 Å². The zero-order valence-corrected chi connectivity index (χ0v) is 9.58. The van der Waals surface area contributed by atoms with Crippen LogP contribution in [0.5, 0.6) is 0 Å². The molecule has 0 rings (SSSR count). The fraction of sp³-hybridized carbons (Fsp3) is 0.750. The lowest BCUT2D eigenvalue weighted by atomic mass is 10.0. The molecule has 2 heteroatoms. The van der Waals surface area contributed by atoms with Gasteiger partial charge in [0.15, 0.2) is 0 Å². The SMILES string of the molecule is CCCCCC(OC)/C(C)=C/CC=O. The molecule has 0 aliphatic rings. The molecule has 1 unspecified atom stereocenters. The highest BCUT2D eigenvalue weighted by molar-refractivity contribution is 5.52. The molecule has 1 atom stereocenters. The minimum absolute atomic E-state index is 0.196. The van der Waals surface area contributed by atoms with Crippen molar-refractivity contribution in [2.75, 3.05) is 7.11 Å². The summed E-state index contributed by atoms with van der Waals surface area (Å²) in [5.41, 5.74) is 1.18. The van der Waals surface area contributed by atoms with Crippen LogP contribution in [0.2, 0.25) is 0 Å². The lowest BCUT2D eigenvalue weighted by Gasteiger charge is -2.15. The van der Waals surface area contributed by atoms with Gasteiger partial charge in [-0.25, -0.2) is 0 Å². The van der Waals surface area contributed by atoms with Gasteiger partial charge in [-0.1, -0.05) is 32.3 Å². The maximum atomic E-state index is 10.2. The van der Waals surface area contributed by atoms with E-state index in [-0.39, 0.29) is 6.10 Å². The Labute approximate surface area is 87.3 Å². The molecule has 0 aliphatic heterocycles. The van der Waals surface area contributed by atoms with Gasteiger partial charge in [-0.15, -0.1) is 0 Å². The van der Waals surface area contributed by atoms with Crippen molar-refractivity contribution in [3.05, 3.63) is 11.6 Å². The van der Waals surface area contributed by atoms with Gasteiger partial charge in [-0.2, -0.15) is 0 Å². The predicted molar refractivity (Wildman–Crippen MR) is 59.4 cm³/mol. The Hall–Kier alpha value is -0.630. The van der Waals surface area contributed by atoms with Crippen LogP contribution in [0, 0.1) is 0 Å². The van der Waals surface area contributed by atoms with Crippen molar-refractivity contribution >= 4 is 6.29 Å². The van der Waals surface area contributed by atoms with Crippen molar-refractivity contribution in [2.24, 2.45) is 0 Å². The summed E-state index contributed by atoms with van der Waals surface area (Å²) in [6.07, 6.45) is 8.30. The molecule has 0 aromatic carbocycles. The number of allylic oxidation sites excluding steroid dienone is 1. The lowest BCUT2D eigenvalue weighted by molar-refractivity contribution is -0.107. The summed E-state index contributed by atoms with van der Waals surface area (Å²) in [5, 5.41) is 0. The smallest absolute Gasteiger partial charge is 0.123 e. The second-order valence-electron chi connectivity index (χ2n) is 3.57. The van der Waals surface area contributed by atoms with Crippen LogP contribution in [0.3, 0.4) is 0 Å².